The molecule has 0 aromatic carbocycles. The molecule has 2 atom stereocenters. The number of aryl methyl sites for hydroxylation is 2. The van der Waals surface area contributed by atoms with Crippen molar-refractivity contribution in [2.24, 2.45) is 7.05 Å². The summed E-state index contributed by atoms with van der Waals surface area (Å²) in [6, 6.07) is 2.52. The Morgan fingerprint density at radius 3 is 2.90 bits per heavy atom. The van der Waals surface area contributed by atoms with E-state index in [1.165, 1.54) is 5.69 Å². The average Bonchev–Trinajstić information content (AvgIpc) is 2.76. The Balaban J connectivity index is 2.04. The standard InChI is InChI=1S/C15H28N4O/c1-5-16-14(10-13-9-12(3)17-18(13)4)15-11-19(6-2)7-8-20-15/h9,14-16H,5-8,10-11H2,1-4H3. The predicted octanol–water partition coefficient (Wildman–Crippen LogP) is 0.970. The van der Waals surface area contributed by atoms with E-state index in [2.05, 4.69) is 35.2 Å². The highest BCUT2D eigenvalue weighted by Crippen LogP contribution is 2.14. The highest BCUT2D eigenvalue weighted by molar-refractivity contribution is 5.11. The molecule has 2 unspecified atom stereocenters. The number of aromatic nitrogens is 2. The summed E-state index contributed by atoms with van der Waals surface area (Å²) in [7, 11) is 2.02. The van der Waals surface area contributed by atoms with Crippen LogP contribution in [0.2, 0.25) is 0 Å². The second-order valence-corrected chi connectivity index (χ2v) is 5.57. The van der Waals surface area contributed by atoms with Gasteiger partial charge >= 0.3 is 0 Å². The van der Waals surface area contributed by atoms with Crippen molar-refractivity contribution in [3.63, 3.8) is 0 Å². The summed E-state index contributed by atoms with van der Waals surface area (Å²) in [6.45, 7) is 11.4. The normalized spacial score (nSPS) is 22.1. The van der Waals surface area contributed by atoms with Crippen LogP contribution in [-0.4, -0.2) is 59.6 Å². The maximum Gasteiger partial charge on any atom is 0.0859 e. The van der Waals surface area contributed by atoms with Gasteiger partial charge in [0, 0.05) is 38.3 Å². The predicted molar refractivity (Wildman–Crippen MR) is 81.0 cm³/mol. The fourth-order valence-corrected chi connectivity index (χ4v) is 2.94. The van der Waals surface area contributed by atoms with Crippen LogP contribution in [0.3, 0.4) is 0 Å². The molecule has 0 amide bonds. The molecule has 114 valence electrons. The van der Waals surface area contributed by atoms with Gasteiger partial charge in [0.2, 0.25) is 0 Å². The molecule has 0 aliphatic carbocycles. The fraction of sp³-hybridized carbons (Fsp3) is 0.800. The van der Waals surface area contributed by atoms with E-state index in [1.807, 2.05) is 18.7 Å². The minimum atomic E-state index is 0.263. The summed E-state index contributed by atoms with van der Waals surface area (Å²) >= 11 is 0. The van der Waals surface area contributed by atoms with Crippen molar-refractivity contribution in [2.75, 3.05) is 32.8 Å². The van der Waals surface area contributed by atoms with E-state index in [0.717, 1.165) is 44.9 Å². The first-order chi connectivity index (χ1) is 9.63. The third-order valence-corrected chi connectivity index (χ3v) is 4.07. The molecule has 2 rings (SSSR count). The molecule has 1 aliphatic rings. The lowest BCUT2D eigenvalue weighted by Gasteiger charge is -2.36. The Morgan fingerprint density at radius 1 is 1.50 bits per heavy atom. The molecule has 20 heavy (non-hydrogen) atoms. The van der Waals surface area contributed by atoms with Gasteiger partial charge in [-0.15, -0.1) is 0 Å². The van der Waals surface area contributed by atoms with Crippen LogP contribution in [0.15, 0.2) is 6.07 Å². The highest BCUT2D eigenvalue weighted by Gasteiger charge is 2.27. The Labute approximate surface area is 122 Å². The minimum absolute atomic E-state index is 0.263. The Bertz CT molecular complexity index is 418. The third-order valence-electron chi connectivity index (χ3n) is 4.07. The monoisotopic (exact) mass is 280 g/mol. The van der Waals surface area contributed by atoms with E-state index in [-0.39, 0.29) is 6.10 Å². The van der Waals surface area contributed by atoms with Crippen LogP contribution < -0.4 is 5.32 Å². The van der Waals surface area contributed by atoms with Crippen LogP contribution in [0, 0.1) is 6.92 Å². The van der Waals surface area contributed by atoms with Crippen LogP contribution in [0.4, 0.5) is 0 Å². The average molecular weight is 280 g/mol. The minimum Gasteiger partial charge on any atom is -0.374 e. The molecule has 1 saturated heterocycles. The lowest BCUT2D eigenvalue weighted by Crippen LogP contribution is -2.53. The van der Waals surface area contributed by atoms with Crippen LogP contribution in [-0.2, 0) is 18.2 Å². The number of morpholine rings is 1. The van der Waals surface area contributed by atoms with E-state index < -0.39 is 0 Å². The van der Waals surface area contributed by atoms with Gasteiger partial charge in [0.15, 0.2) is 0 Å². The zero-order chi connectivity index (χ0) is 14.5. The van der Waals surface area contributed by atoms with Gasteiger partial charge in [-0.2, -0.15) is 5.10 Å². The molecule has 1 aromatic heterocycles. The van der Waals surface area contributed by atoms with Crippen molar-refractivity contribution in [1.82, 2.24) is 20.0 Å². The summed E-state index contributed by atoms with van der Waals surface area (Å²) in [5.41, 5.74) is 2.35. The van der Waals surface area contributed by atoms with Gasteiger partial charge in [-0.1, -0.05) is 13.8 Å². The Hall–Kier alpha value is -0.910. The van der Waals surface area contributed by atoms with Gasteiger partial charge in [-0.3, -0.25) is 9.58 Å². The summed E-state index contributed by atoms with van der Waals surface area (Å²) in [4.78, 5) is 2.47. The molecular weight excluding hydrogens is 252 g/mol. The van der Waals surface area contributed by atoms with E-state index in [4.69, 9.17) is 4.74 Å². The summed E-state index contributed by atoms with van der Waals surface area (Å²) in [5.74, 6) is 0. The number of nitrogens with one attached hydrogen (secondary N) is 1. The first-order valence-corrected chi connectivity index (χ1v) is 7.70. The van der Waals surface area contributed by atoms with Gasteiger partial charge in [0.05, 0.1) is 18.4 Å². The zero-order valence-electron chi connectivity index (χ0n) is 13.2. The molecular formula is C15H28N4O. The van der Waals surface area contributed by atoms with Crippen LogP contribution in [0.25, 0.3) is 0 Å². The van der Waals surface area contributed by atoms with Gasteiger partial charge in [0.1, 0.15) is 0 Å². The van der Waals surface area contributed by atoms with Crippen molar-refractivity contribution in [3.8, 4) is 0 Å². The largest absolute Gasteiger partial charge is 0.374 e. The lowest BCUT2D eigenvalue weighted by atomic mass is 10.0. The Kier molecular flexibility index (Phi) is 5.57. The maximum atomic E-state index is 6.01. The Morgan fingerprint density at radius 2 is 2.30 bits per heavy atom. The van der Waals surface area contributed by atoms with Gasteiger partial charge in [-0.25, -0.2) is 0 Å². The third kappa shape index (κ3) is 3.81. The van der Waals surface area contributed by atoms with Crippen molar-refractivity contribution in [2.45, 2.75) is 39.3 Å². The van der Waals surface area contributed by atoms with Crippen LogP contribution in [0.5, 0.6) is 0 Å². The fourth-order valence-electron chi connectivity index (χ4n) is 2.94. The second kappa shape index (κ2) is 7.20. The molecule has 0 radical (unpaired) electrons. The van der Waals surface area contributed by atoms with Crippen molar-refractivity contribution in [1.29, 1.82) is 0 Å². The molecule has 1 fully saturated rings. The molecule has 0 bridgehead atoms. The molecule has 1 aromatic rings. The van der Waals surface area contributed by atoms with E-state index in [0.29, 0.717) is 6.04 Å². The van der Waals surface area contributed by atoms with Gasteiger partial charge in [0.25, 0.3) is 0 Å². The SMILES string of the molecule is CCNC(Cc1cc(C)nn1C)C1CN(CC)CCO1. The van der Waals surface area contributed by atoms with Crippen molar-refractivity contribution in [3.05, 3.63) is 17.5 Å². The second-order valence-electron chi connectivity index (χ2n) is 5.57. The molecule has 5 nitrogen and oxygen atoms in total. The zero-order valence-corrected chi connectivity index (χ0v) is 13.2. The van der Waals surface area contributed by atoms with Crippen molar-refractivity contribution < 1.29 is 4.74 Å². The highest BCUT2D eigenvalue weighted by atomic mass is 16.5. The number of ether oxygens (including phenoxy) is 1. The number of nitrogens with zero attached hydrogens (tertiary/aromatic N) is 3. The number of likely N-dealkylation sites (N-methyl/N-ethyl adjacent to an activating group) is 2. The van der Waals surface area contributed by atoms with E-state index in [9.17, 15) is 0 Å². The quantitative estimate of drug-likeness (QED) is 0.843. The topological polar surface area (TPSA) is 42.3 Å². The molecule has 2 heterocycles. The number of rotatable bonds is 6. The maximum absolute atomic E-state index is 6.01. The smallest absolute Gasteiger partial charge is 0.0859 e. The van der Waals surface area contributed by atoms with Crippen LogP contribution >= 0.6 is 0 Å². The molecule has 1 N–H and O–H groups in total. The number of hydrogen-bond acceptors (Lipinski definition) is 4. The molecule has 0 saturated carbocycles. The van der Waals surface area contributed by atoms with Gasteiger partial charge < -0.3 is 10.1 Å². The van der Waals surface area contributed by atoms with Crippen LogP contribution in [0.1, 0.15) is 25.2 Å². The van der Waals surface area contributed by atoms with Gasteiger partial charge in [-0.05, 0) is 26.1 Å². The first kappa shape index (κ1) is 15.5. The molecule has 1 aliphatic heterocycles. The van der Waals surface area contributed by atoms with E-state index in [1.54, 1.807) is 0 Å². The summed E-state index contributed by atoms with van der Waals surface area (Å²) in [5, 5.41) is 8.03. The van der Waals surface area contributed by atoms with E-state index >= 15 is 0 Å². The lowest BCUT2D eigenvalue weighted by molar-refractivity contribution is -0.0447. The molecule has 5 heteroatoms. The summed E-state index contributed by atoms with van der Waals surface area (Å²) in [6.07, 6.45) is 1.23. The van der Waals surface area contributed by atoms with Crippen molar-refractivity contribution >= 4 is 0 Å². The first-order valence-electron chi connectivity index (χ1n) is 7.70. The number of hydrogen-bond donors (Lipinski definition) is 1. The molecule has 0 spiro atoms. The summed E-state index contributed by atoms with van der Waals surface area (Å²) < 4.78 is 8.00.